The molecule has 7 heteroatoms. The Hall–Kier alpha value is -2.67. The molecule has 0 aliphatic rings. The number of hydrogen-bond donors (Lipinski definition) is 0. The van der Waals surface area contributed by atoms with Gasteiger partial charge in [-0.05, 0) is 12.1 Å². The fourth-order valence-electron chi connectivity index (χ4n) is 2.34. The summed E-state index contributed by atoms with van der Waals surface area (Å²) in [5, 5.41) is 2.75. The molecule has 0 amide bonds. The first-order valence-corrected chi connectivity index (χ1v) is 7.74. The van der Waals surface area contributed by atoms with Crippen molar-refractivity contribution >= 4 is 22.4 Å². The van der Waals surface area contributed by atoms with Gasteiger partial charge in [0.25, 0.3) is 0 Å². The quantitative estimate of drug-likeness (QED) is 0.573. The van der Waals surface area contributed by atoms with Gasteiger partial charge in [0.2, 0.25) is 0 Å². The highest BCUT2D eigenvalue weighted by Crippen LogP contribution is 2.23. The minimum Gasteiger partial charge on any atom is -0.324 e. The molecule has 1 aromatic carbocycles. The lowest BCUT2D eigenvalue weighted by molar-refractivity contribution is 0.510. The van der Waals surface area contributed by atoms with E-state index in [0.717, 1.165) is 28.5 Å². The van der Waals surface area contributed by atoms with Gasteiger partial charge in [0.1, 0.15) is 5.01 Å². The first-order valence-electron chi connectivity index (χ1n) is 6.86. The summed E-state index contributed by atoms with van der Waals surface area (Å²) in [6.07, 6.45) is 3.28. The van der Waals surface area contributed by atoms with Crippen LogP contribution in [-0.2, 0) is 6.54 Å². The highest BCUT2D eigenvalue weighted by Gasteiger charge is 2.11. The lowest BCUT2D eigenvalue weighted by Crippen LogP contribution is -1.99. The molecule has 0 aliphatic heterocycles. The zero-order chi connectivity index (χ0) is 15.8. The maximum absolute atomic E-state index is 13.4. The van der Waals surface area contributed by atoms with Crippen LogP contribution in [0, 0.1) is 11.6 Å². The summed E-state index contributed by atoms with van der Waals surface area (Å²) >= 11 is 1.49. The third-order valence-corrected chi connectivity index (χ3v) is 4.34. The summed E-state index contributed by atoms with van der Waals surface area (Å²) in [6, 6.07) is 7.91. The number of rotatable bonds is 3. The summed E-state index contributed by atoms with van der Waals surface area (Å²) in [4.78, 5) is 12.9. The van der Waals surface area contributed by atoms with Gasteiger partial charge in [-0.25, -0.2) is 18.7 Å². The van der Waals surface area contributed by atoms with Crippen LogP contribution in [0.15, 0.2) is 48.2 Å². The molecule has 23 heavy (non-hydrogen) atoms. The molecular formula is C16H10F2N4S. The van der Waals surface area contributed by atoms with Gasteiger partial charge in [-0.15, -0.1) is 11.3 Å². The lowest BCUT2D eigenvalue weighted by atomic mass is 10.3. The highest BCUT2D eigenvalue weighted by molar-refractivity contribution is 7.13. The van der Waals surface area contributed by atoms with E-state index in [2.05, 4.69) is 15.0 Å². The van der Waals surface area contributed by atoms with E-state index in [4.69, 9.17) is 0 Å². The smallest absolute Gasteiger partial charge is 0.161 e. The van der Waals surface area contributed by atoms with Gasteiger partial charge in [-0.1, -0.05) is 6.07 Å². The summed E-state index contributed by atoms with van der Waals surface area (Å²) in [6.45, 7) is 0.435. The lowest BCUT2D eigenvalue weighted by Gasteiger charge is -2.02. The van der Waals surface area contributed by atoms with Gasteiger partial charge in [-0.3, -0.25) is 4.98 Å². The van der Waals surface area contributed by atoms with Crippen LogP contribution in [-0.4, -0.2) is 19.5 Å². The standard InChI is InChI=1S/C16H10F2N4S/c17-11-5-14-15(6-12(11)18)22(9-20-14)7-10-8-23-16(21-10)13-3-1-2-4-19-13/h1-6,8-9H,7H2. The van der Waals surface area contributed by atoms with E-state index in [-0.39, 0.29) is 0 Å². The molecule has 4 aromatic rings. The highest BCUT2D eigenvalue weighted by atomic mass is 32.1. The number of pyridine rings is 1. The van der Waals surface area contributed by atoms with Gasteiger partial charge in [0, 0.05) is 23.7 Å². The number of halogens is 2. The maximum Gasteiger partial charge on any atom is 0.161 e. The second kappa shape index (κ2) is 5.51. The third kappa shape index (κ3) is 2.59. The minimum atomic E-state index is -0.895. The summed E-state index contributed by atoms with van der Waals surface area (Å²) in [7, 11) is 0. The molecule has 0 saturated heterocycles. The molecule has 0 spiro atoms. The maximum atomic E-state index is 13.4. The van der Waals surface area contributed by atoms with Crippen molar-refractivity contribution in [2.75, 3.05) is 0 Å². The normalized spacial score (nSPS) is 11.2. The van der Waals surface area contributed by atoms with Crippen LogP contribution in [0.5, 0.6) is 0 Å². The van der Waals surface area contributed by atoms with Crippen molar-refractivity contribution in [3.8, 4) is 10.7 Å². The Labute approximate surface area is 134 Å². The van der Waals surface area contributed by atoms with E-state index < -0.39 is 11.6 Å². The predicted octanol–water partition coefficient (Wildman–Crippen LogP) is 3.88. The van der Waals surface area contributed by atoms with Crippen molar-refractivity contribution in [1.29, 1.82) is 0 Å². The van der Waals surface area contributed by atoms with E-state index in [1.807, 2.05) is 23.6 Å². The SMILES string of the molecule is Fc1cc2ncn(Cc3csc(-c4ccccn4)n3)c2cc1F. The molecule has 0 saturated carbocycles. The Morgan fingerprint density at radius 2 is 1.96 bits per heavy atom. The molecule has 0 fully saturated rings. The minimum absolute atomic E-state index is 0.420. The summed E-state index contributed by atoms with van der Waals surface area (Å²) < 4.78 is 28.4. The van der Waals surface area contributed by atoms with Gasteiger partial charge in [0.05, 0.1) is 35.3 Å². The molecule has 0 atom stereocenters. The molecule has 0 bridgehead atoms. The number of hydrogen-bond acceptors (Lipinski definition) is 4. The van der Waals surface area contributed by atoms with Crippen LogP contribution in [0.2, 0.25) is 0 Å². The van der Waals surface area contributed by atoms with Crippen molar-refractivity contribution in [3.05, 3.63) is 65.6 Å². The molecule has 0 unspecified atom stereocenters. The zero-order valence-corrected chi connectivity index (χ0v) is 12.6. The number of imidazole rings is 1. The van der Waals surface area contributed by atoms with Gasteiger partial charge in [0.15, 0.2) is 11.6 Å². The molecule has 0 N–H and O–H groups in total. The van der Waals surface area contributed by atoms with Crippen LogP contribution in [0.25, 0.3) is 21.7 Å². The van der Waals surface area contributed by atoms with Crippen molar-refractivity contribution in [3.63, 3.8) is 0 Å². The Morgan fingerprint density at radius 3 is 2.78 bits per heavy atom. The monoisotopic (exact) mass is 328 g/mol. The predicted molar refractivity (Wildman–Crippen MR) is 84.1 cm³/mol. The van der Waals surface area contributed by atoms with Crippen LogP contribution < -0.4 is 0 Å². The van der Waals surface area contributed by atoms with E-state index in [1.165, 1.54) is 11.3 Å². The van der Waals surface area contributed by atoms with E-state index in [0.29, 0.717) is 17.6 Å². The Bertz CT molecular complexity index is 978. The van der Waals surface area contributed by atoms with Gasteiger partial charge >= 0.3 is 0 Å². The van der Waals surface area contributed by atoms with Crippen LogP contribution >= 0.6 is 11.3 Å². The number of benzene rings is 1. The average molecular weight is 328 g/mol. The molecule has 114 valence electrons. The largest absolute Gasteiger partial charge is 0.324 e. The topological polar surface area (TPSA) is 43.6 Å². The van der Waals surface area contributed by atoms with Crippen molar-refractivity contribution < 1.29 is 8.78 Å². The molecule has 3 aromatic heterocycles. The number of thiazole rings is 1. The Kier molecular flexibility index (Phi) is 3.34. The molecule has 3 heterocycles. The number of nitrogens with zero attached hydrogens (tertiary/aromatic N) is 4. The van der Waals surface area contributed by atoms with E-state index in [1.54, 1.807) is 17.1 Å². The molecule has 4 rings (SSSR count). The van der Waals surface area contributed by atoms with Gasteiger partial charge < -0.3 is 4.57 Å². The second-order valence-electron chi connectivity index (χ2n) is 4.99. The average Bonchev–Trinajstić information content (AvgIpc) is 3.18. The number of aromatic nitrogens is 4. The first-order chi connectivity index (χ1) is 11.2. The van der Waals surface area contributed by atoms with Gasteiger partial charge in [-0.2, -0.15) is 0 Å². The fraction of sp³-hybridized carbons (Fsp3) is 0.0625. The van der Waals surface area contributed by atoms with Crippen LogP contribution in [0.3, 0.4) is 0 Å². The second-order valence-corrected chi connectivity index (χ2v) is 5.84. The number of fused-ring (bicyclic) bond motifs is 1. The Morgan fingerprint density at radius 1 is 1.09 bits per heavy atom. The molecular weight excluding hydrogens is 318 g/mol. The molecule has 0 aliphatic carbocycles. The fourth-order valence-corrected chi connectivity index (χ4v) is 3.13. The zero-order valence-electron chi connectivity index (χ0n) is 11.8. The third-order valence-electron chi connectivity index (χ3n) is 3.43. The van der Waals surface area contributed by atoms with Crippen LogP contribution in [0.1, 0.15) is 5.69 Å². The molecule has 0 radical (unpaired) electrons. The van der Waals surface area contributed by atoms with E-state index >= 15 is 0 Å². The van der Waals surface area contributed by atoms with E-state index in [9.17, 15) is 8.78 Å². The summed E-state index contributed by atoms with van der Waals surface area (Å²) in [5.41, 5.74) is 2.59. The molecule has 4 nitrogen and oxygen atoms in total. The van der Waals surface area contributed by atoms with Crippen molar-refractivity contribution in [1.82, 2.24) is 19.5 Å². The first kappa shape index (κ1) is 14.0. The van der Waals surface area contributed by atoms with Crippen molar-refractivity contribution in [2.45, 2.75) is 6.54 Å². The summed E-state index contributed by atoms with van der Waals surface area (Å²) in [5.74, 6) is -1.78. The van der Waals surface area contributed by atoms with Crippen LogP contribution in [0.4, 0.5) is 8.78 Å². The van der Waals surface area contributed by atoms with Crippen molar-refractivity contribution in [2.24, 2.45) is 0 Å². The Balaban J connectivity index is 1.66.